The number of carbonyl (C=O) groups excluding carboxylic acids is 1. The van der Waals surface area contributed by atoms with E-state index in [-0.39, 0.29) is 5.91 Å². The summed E-state index contributed by atoms with van der Waals surface area (Å²) in [5, 5.41) is 7.96. The van der Waals surface area contributed by atoms with Crippen LogP contribution in [0.3, 0.4) is 0 Å². The lowest BCUT2D eigenvalue weighted by atomic mass is 10.0. The molecule has 24 heavy (non-hydrogen) atoms. The number of nitrogens with one attached hydrogen (secondary N) is 1. The molecule has 2 aromatic heterocycles. The molecule has 0 bridgehead atoms. The van der Waals surface area contributed by atoms with E-state index in [1.807, 2.05) is 48.3 Å². The van der Waals surface area contributed by atoms with E-state index in [0.29, 0.717) is 11.6 Å². The summed E-state index contributed by atoms with van der Waals surface area (Å²) in [4.78, 5) is 18.1. The topological polar surface area (TPSA) is 59.8 Å². The number of fused-ring (bicyclic) bond motifs is 3. The molecular formula is C18H18N4OS. The zero-order valence-corrected chi connectivity index (χ0v) is 14.3. The zero-order chi connectivity index (χ0) is 16.5. The molecule has 1 aromatic carbocycles. The van der Waals surface area contributed by atoms with Crippen LogP contribution < -0.4 is 5.32 Å². The number of nitrogens with zero attached hydrogens (tertiary/aromatic N) is 3. The lowest BCUT2D eigenvalue weighted by Crippen LogP contribution is -2.12. The van der Waals surface area contributed by atoms with Crippen molar-refractivity contribution in [2.24, 2.45) is 7.05 Å². The average molecular weight is 338 g/mol. The molecule has 4 rings (SSSR count). The molecule has 0 fully saturated rings. The number of aryl methyl sites for hydroxylation is 3. The fourth-order valence-corrected chi connectivity index (χ4v) is 4.05. The van der Waals surface area contributed by atoms with E-state index >= 15 is 0 Å². The van der Waals surface area contributed by atoms with Gasteiger partial charge in [-0.25, -0.2) is 4.98 Å². The van der Waals surface area contributed by atoms with Gasteiger partial charge in [0.15, 0.2) is 5.13 Å². The summed E-state index contributed by atoms with van der Waals surface area (Å²) in [5.74, 6) is 0.0105. The predicted octanol–water partition coefficient (Wildman–Crippen LogP) is 3.21. The normalized spacial score (nSPS) is 12.5. The highest BCUT2D eigenvalue weighted by molar-refractivity contribution is 7.16. The summed E-state index contributed by atoms with van der Waals surface area (Å²) in [5.41, 5.74) is 4.47. The first-order valence-electron chi connectivity index (χ1n) is 8.05. The Morgan fingerprint density at radius 2 is 2.12 bits per heavy atom. The van der Waals surface area contributed by atoms with Crippen molar-refractivity contribution in [3.8, 4) is 11.3 Å². The highest BCUT2D eigenvalue weighted by Gasteiger charge is 2.24. The summed E-state index contributed by atoms with van der Waals surface area (Å²) in [6.07, 6.45) is 5.01. The first-order chi connectivity index (χ1) is 11.7. The van der Waals surface area contributed by atoms with E-state index in [9.17, 15) is 4.79 Å². The van der Waals surface area contributed by atoms with Gasteiger partial charge in [0.2, 0.25) is 5.91 Å². The maximum atomic E-state index is 12.2. The van der Waals surface area contributed by atoms with Gasteiger partial charge < -0.3 is 5.32 Å². The van der Waals surface area contributed by atoms with Gasteiger partial charge in [0.1, 0.15) is 0 Å². The van der Waals surface area contributed by atoms with Crippen LogP contribution in [0.4, 0.5) is 5.13 Å². The Hall–Kier alpha value is -2.47. The molecule has 6 heteroatoms. The van der Waals surface area contributed by atoms with Crippen LogP contribution in [-0.4, -0.2) is 20.7 Å². The third-order valence-corrected chi connectivity index (χ3v) is 5.36. The second-order valence-corrected chi connectivity index (χ2v) is 7.04. The van der Waals surface area contributed by atoms with Crippen molar-refractivity contribution in [1.82, 2.24) is 14.8 Å². The number of rotatable bonds is 4. The maximum absolute atomic E-state index is 12.2. The molecule has 0 saturated heterocycles. The summed E-state index contributed by atoms with van der Waals surface area (Å²) in [6, 6.07) is 10.1. The van der Waals surface area contributed by atoms with Gasteiger partial charge in [-0.15, -0.1) is 11.3 Å². The fourth-order valence-electron chi connectivity index (χ4n) is 3.06. The van der Waals surface area contributed by atoms with Crippen LogP contribution in [0.15, 0.2) is 36.5 Å². The van der Waals surface area contributed by atoms with Crippen LogP contribution in [0.25, 0.3) is 11.3 Å². The van der Waals surface area contributed by atoms with Crippen molar-refractivity contribution in [1.29, 1.82) is 0 Å². The van der Waals surface area contributed by atoms with E-state index < -0.39 is 0 Å². The molecule has 0 spiro atoms. The van der Waals surface area contributed by atoms with Gasteiger partial charge in [-0.1, -0.05) is 30.3 Å². The van der Waals surface area contributed by atoms with Gasteiger partial charge >= 0.3 is 0 Å². The molecular weight excluding hydrogens is 320 g/mol. The third kappa shape index (κ3) is 2.85. The van der Waals surface area contributed by atoms with Gasteiger partial charge in [0.05, 0.1) is 11.9 Å². The lowest BCUT2D eigenvalue weighted by Gasteiger charge is -2.10. The number of carbonyl (C=O) groups is 1. The molecule has 1 aliphatic rings. The van der Waals surface area contributed by atoms with Gasteiger partial charge in [-0.05, 0) is 24.8 Å². The molecule has 1 amide bonds. The van der Waals surface area contributed by atoms with Crippen molar-refractivity contribution in [2.45, 2.75) is 25.7 Å². The SMILES string of the molecule is Cn1ncc2c1CCc1sc(NC(=O)CCc3ccccc3)nc1-2. The average Bonchev–Trinajstić information content (AvgIpc) is 3.17. The summed E-state index contributed by atoms with van der Waals surface area (Å²) in [6.45, 7) is 0. The Morgan fingerprint density at radius 1 is 1.29 bits per heavy atom. The smallest absolute Gasteiger partial charge is 0.226 e. The van der Waals surface area contributed by atoms with Crippen molar-refractivity contribution in [3.05, 3.63) is 52.7 Å². The second kappa shape index (κ2) is 6.20. The second-order valence-electron chi connectivity index (χ2n) is 5.95. The number of amides is 1. The summed E-state index contributed by atoms with van der Waals surface area (Å²) >= 11 is 1.58. The monoisotopic (exact) mass is 338 g/mol. The number of anilines is 1. The number of thiazole rings is 1. The van der Waals surface area contributed by atoms with Crippen LogP contribution in [0.5, 0.6) is 0 Å². The van der Waals surface area contributed by atoms with Crippen molar-refractivity contribution < 1.29 is 4.79 Å². The third-order valence-electron chi connectivity index (χ3n) is 4.33. The van der Waals surface area contributed by atoms with Crippen molar-refractivity contribution in [3.63, 3.8) is 0 Å². The Balaban J connectivity index is 1.45. The fraction of sp³-hybridized carbons (Fsp3) is 0.278. The lowest BCUT2D eigenvalue weighted by molar-refractivity contribution is -0.116. The first-order valence-corrected chi connectivity index (χ1v) is 8.87. The minimum absolute atomic E-state index is 0.0105. The molecule has 0 radical (unpaired) electrons. The van der Waals surface area contributed by atoms with Crippen LogP contribution in [0.1, 0.15) is 22.6 Å². The summed E-state index contributed by atoms with van der Waals surface area (Å²) < 4.78 is 1.91. The molecule has 0 aliphatic heterocycles. The van der Waals surface area contributed by atoms with E-state index in [1.54, 1.807) is 11.3 Å². The molecule has 122 valence electrons. The quantitative estimate of drug-likeness (QED) is 0.794. The Labute approximate surface area is 144 Å². The minimum atomic E-state index is 0.0105. The Kier molecular flexibility index (Phi) is 3.90. The van der Waals surface area contributed by atoms with Crippen LogP contribution in [-0.2, 0) is 31.1 Å². The van der Waals surface area contributed by atoms with Crippen molar-refractivity contribution >= 4 is 22.4 Å². The molecule has 1 aliphatic carbocycles. The molecule has 1 N–H and O–H groups in total. The molecule has 5 nitrogen and oxygen atoms in total. The molecule has 2 heterocycles. The first kappa shape index (κ1) is 15.1. The Bertz CT molecular complexity index is 882. The highest BCUT2D eigenvalue weighted by atomic mass is 32.1. The summed E-state index contributed by atoms with van der Waals surface area (Å²) in [7, 11) is 1.96. The molecule has 0 saturated carbocycles. The largest absolute Gasteiger partial charge is 0.302 e. The molecule has 0 unspecified atom stereocenters. The number of benzene rings is 1. The number of hydrogen-bond donors (Lipinski definition) is 1. The van der Waals surface area contributed by atoms with Gasteiger partial charge in [0, 0.05) is 29.6 Å². The van der Waals surface area contributed by atoms with Gasteiger partial charge in [-0.2, -0.15) is 5.10 Å². The van der Waals surface area contributed by atoms with Crippen LogP contribution in [0.2, 0.25) is 0 Å². The molecule has 3 aromatic rings. The van der Waals surface area contributed by atoms with Gasteiger partial charge in [-0.3, -0.25) is 9.48 Å². The Morgan fingerprint density at radius 3 is 2.96 bits per heavy atom. The highest BCUT2D eigenvalue weighted by Crippen LogP contribution is 2.37. The van der Waals surface area contributed by atoms with Crippen LogP contribution >= 0.6 is 11.3 Å². The number of aromatic nitrogens is 3. The molecule has 0 atom stereocenters. The van der Waals surface area contributed by atoms with Gasteiger partial charge in [0.25, 0.3) is 0 Å². The van der Waals surface area contributed by atoms with Crippen LogP contribution in [0, 0.1) is 0 Å². The minimum Gasteiger partial charge on any atom is -0.302 e. The standard InChI is InChI=1S/C18H18N4OS/c1-22-14-8-9-15-17(13(14)11-19-22)21-18(24-15)20-16(23)10-7-12-5-3-2-4-6-12/h2-6,11H,7-10H2,1H3,(H,20,21,23). The van der Waals surface area contributed by atoms with E-state index in [4.69, 9.17) is 0 Å². The zero-order valence-electron chi connectivity index (χ0n) is 13.5. The number of hydrogen-bond acceptors (Lipinski definition) is 4. The van der Waals surface area contributed by atoms with Crippen molar-refractivity contribution in [2.75, 3.05) is 5.32 Å². The van der Waals surface area contributed by atoms with E-state index in [2.05, 4.69) is 15.4 Å². The predicted molar refractivity (Wildman–Crippen MR) is 95.1 cm³/mol. The van der Waals surface area contributed by atoms with E-state index in [0.717, 1.165) is 30.5 Å². The maximum Gasteiger partial charge on any atom is 0.226 e. The van der Waals surface area contributed by atoms with E-state index in [1.165, 1.54) is 16.1 Å².